The first kappa shape index (κ1) is 29.7. The quantitative estimate of drug-likeness (QED) is 0.246. The molecule has 0 aliphatic heterocycles. The van der Waals surface area contributed by atoms with Gasteiger partial charge < -0.3 is 20.1 Å². The molecule has 1 unspecified atom stereocenters. The Morgan fingerprint density at radius 3 is 1.84 bits per heavy atom. The molecule has 19 heavy (non-hydrogen) atoms. The van der Waals surface area contributed by atoms with Crippen LogP contribution in [0.4, 0.5) is 0 Å². The molecular weight excluding hydrogens is 945 g/mol. The Morgan fingerprint density at radius 2 is 1.63 bits per heavy atom. The molecule has 0 radical (unpaired) electrons. The van der Waals surface area contributed by atoms with Gasteiger partial charge in [-0.1, -0.05) is 0 Å². The van der Waals surface area contributed by atoms with Crippen LogP contribution < -0.4 is 13.3 Å². The second-order valence-corrected chi connectivity index (χ2v) is 18.6. The summed E-state index contributed by atoms with van der Waals surface area (Å²) in [6, 6.07) is 0. The molecule has 0 aromatic rings. The Labute approximate surface area is 179 Å². The van der Waals surface area contributed by atoms with Gasteiger partial charge >= 0.3 is 62.4 Å². The van der Waals surface area contributed by atoms with Gasteiger partial charge in [0, 0.05) is 37.2 Å². The van der Waals surface area contributed by atoms with E-state index in [9.17, 15) is 14.4 Å². The average Bonchev–Trinajstić information content (AvgIpc) is 2.29. The fraction of sp³-hybridized carbons (Fsp3) is 0.500. The number of aliphatic hydroxyl groups is 1. The van der Waals surface area contributed by atoms with Crippen LogP contribution in [0.25, 0.3) is 0 Å². The van der Waals surface area contributed by atoms with Crippen molar-refractivity contribution in [2.45, 2.75) is 12.0 Å². The van der Waals surface area contributed by atoms with Gasteiger partial charge in [0.25, 0.3) is 6.47 Å². The molecule has 13 heteroatoms. The standard InChI is InChI=1S/C6H8O7.I3.I2.HI/c7-3-13-2-6(12,5(10)11)1-4(8)9;1-3-2;1-2;/h3,12H,1-2H2,(H,8,9)(H,10,11);;;1H/q;-1;;. The molecule has 118 valence electrons. The smallest absolute Gasteiger partial charge is 0.339 e. The Balaban J connectivity index is -0.000000164. The number of halogens is 6. The van der Waals surface area contributed by atoms with Crippen molar-refractivity contribution in [1.29, 1.82) is 0 Å². The van der Waals surface area contributed by atoms with Crippen LogP contribution in [0.2, 0.25) is 0 Å². The maximum absolute atomic E-state index is 10.4. The fourth-order valence-electron chi connectivity index (χ4n) is 0.610. The van der Waals surface area contributed by atoms with Crippen LogP contribution in [-0.4, -0.2) is 45.9 Å². The Kier molecular flexibility index (Phi) is 32.5. The summed E-state index contributed by atoms with van der Waals surface area (Å²) in [6.07, 6.45) is -1.03. The van der Waals surface area contributed by atoms with E-state index in [-0.39, 0.29) is 30.4 Å². The third-order valence-electron chi connectivity index (χ3n) is 1.23. The predicted molar refractivity (Wildman–Crippen MR) is 108 cm³/mol. The number of carboxylic acid groups (broad SMARTS) is 2. The van der Waals surface area contributed by atoms with Crippen molar-refractivity contribution in [1.82, 2.24) is 0 Å². The van der Waals surface area contributed by atoms with E-state index in [1.54, 1.807) is 0 Å². The molecule has 0 spiro atoms. The molecule has 1 atom stereocenters. The third kappa shape index (κ3) is 20.8. The van der Waals surface area contributed by atoms with Gasteiger partial charge in [-0.05, 0) is 0 Å². The first-order valence-electron chi connectivity index (χ1n) is 3.58. The van der Waals surface area contributed by atoms with E-state index < -0.39 is 30.6 Å². The number of ether oxygens (including phenoxy) is 1. The molecule has 0 heterocycles. The summed E-state index contributed by atoms with van der Waals surface area (Å²) < 4.78 is 3.99. The van der Waals surface area contributed by atoms with Crippen LogP contribution in [0.5, 0.6) is 0 Å². The minimum Gasteiger partial charge on any atom is -0.481 e. The van der Waals surface area contributed by atoms with E-state index in [0.29, 0.717) is 13.3 Å². The van der Waals surface area contributed by atoms with Gasteiger partial charge in [-0.3, -0.25) is 9.59 Å². The molecule has 0 saturated carbocycles. The monoisotopic (exact) mass is 954 g/mol. The Hall–Kier alpha value is 2.75. The van der Waals surface area contributed by atoms with Crippen molar-refractivity contribution >= 4 is 117 Å². The average molecular weight is 955 g/mol. The van der Waals surface area contributed by atoms with Crippen molar-refractivity contribution in [3.8, 4) is 0 Å². The molecule has 7 nitrogen and oxygen atoms in total. The maximum atomic E-state index is 10.4. The van der Waals surface area contributed by atoms with Crippen molar-refractivity contribution in [3.63, 3.8) is 0 Å². The summed E-state index contributed by atoms with van der Waals surface area (Å²) >= 11 is 9.54. The first-order valence-corrected chi connectivity index (χ1v) is 22.4. The third-order valence-corrected chi connectivity index (χ3v) is 1.23. The maximum Gasteiger partial charge on any atom is 0.339 e. The Morgan fingerprint density at radius 1 is 1.26 bits per heavy atom. The zero-order chi connectivity index (χ0) is 15.2. The van der Waals surface area contributed by atoms with Crippen molar-refractivity contribution < 1.29 is 47.7 Å². The molecular formula is C6H9I6O7-. The Bertz CT molecular complexity index is 252. The molecule has 0 fully saturated rings. The summed E-state index contributed by atoms with van der Waals surface area (Å²) in [4.78, 5) is 30.2. The summed E-state index contributed by atoms with van der Waals surface area (Å²) in [5, 5.41) is 25.8. The summed E-state index contributed by atoms with van der Waals surface area (Å²) in [6.45, 7) is -0.964. The summed E-state index contributed by atoms with van der Waals surface area (Å²) in [7, 11) is 0. The molecule has 0 aromatic heterocycles. The van der Waals surface area contributed by atoms with Crippen molar-refractivity contribution in [2.24, 2.45) is 0 Å². The predicted octanol–water partition coefficient (Wildman–Crippen LogP) is -0.385. The van der Waals surface area contributed by atoms with Crippen molar-refractivity contribution in [3.05, 3.63) is 0 Å². The molecule has 0 aliphatic rings. The van der Waals surface area contributed by atoms with Crippen LogP contribution >= 0.6 is 98.4 Å². The van der Waals surface area contributed by atoms with Gasteiger partial charge in [0.15, 0.2) is 0 Å². The van der Waals surface area contributed by atoms with Crippen LogP contribution in [-0.2, 0) is 19.1 Å². The van der Waals surface area contributed by atoms with E-state index >= 15 is 0 Å². The van der Waals surface area contributed by atoms with Gasteiger partial charge in [0.05, 0.1) is 6.42 Å². The van der Waals surface area contributed by atoms with E-state index in [1.165, 1.54) is 0 Å². The van der Waals surface area contributed by atoms with E-state index in [4.69, 9.17) is 15.3 Å². The number of carbonyl (C=O) groups is 3. The molecule has 0 rings (SSSR count). The molecule has 3 N–H and O–H groups in total. The number of carboxylic acids is 2. The normalized spacial score (nSPS) is 11.2. The molecule has 0 aliphatic carbocycles. The van der Waals surface area contributed by atoms with E-state index in [2.05, 4.69) is 79.2 Å². The zero-order valence-electron chi connectivity index (χ0n) is 8.76. The minimum atomic E-state index is -2.56. The van der Waals surface area contributed by atoms with Gasteiger partial charge in [-0.15, -0.1) is 24.0 Å². The zero-order valence-corrected chi connectivity index (χ0v) is 21.9. The van der Waals surface area contributed by atoms with E-state index in [0.717, 1.165) is 0 Å². The second kappa shape index (κ2) is 20.8. The van der Waals surface area contributed by atoms with Crippen LogP contribution in [0.1, 0.15) is 6.42 Å². The largest absolute Gasteiger partial charge is 0.481 e. The van der Waals surface area contributed by atoms with Gasteiger partial charge in [-0.2, -0.15) is 0 Å². The van der Waals surface area contributed by atoms with Crippen LogP contribution in [0.15, 0.2) is 0 Å². The molecule has 0 saturated heterocycles. The number of hydrogen-bond donors (Lipinski definition) is 3. The molecule has 0 aromatic carbocycles. The first-order chi connectivity index (χ1) is 8.33. The van der Waals surface area contributed by atoms with Crippen LogP contribution in [0, 0.1) is 0 Å². The fourth-order valence-corrected chi connectivity index (χ4v) is 0.610. The van der Waals surface area contributed by atoms with Gasteiger partial charge in [0.1, 0.15) is 6.61 Å². The van der Waals surface area contributed by atoms with Gasteiger partial charge in [-0.25, -0.2) is 4.79 Å². The van der Waals surface area contributed by atoms with Crippen LogP contribution in [0.3, 0.4) is 0 Å². The number of rotatable bonds is 6. The summed E-state index contributed by atoms with van der Waals surface area (Å²) in [5.41, 5.74) is -2.56. The van der Waals surface area contributed by atoms with Gasteiger partial charge in [0.2, 0.25) is 5.60 Å². The second-order valence-electron chi connectivity index (χ2n) is 2.37. The summed E-state index contributed by atoms with van der Waals surface area (Å²) in [5.74, 6) is -3.25. The minimum absolute atomic E-state index is 0. The number of hydrogen-bond acceptors (Lipinski definition) is 5. The number of carbonyl (C=O) groups excluding carboxylic acids is 1. The van der Waals surface area contributed by atoms with Crippen molar-refractivity contribution in [2.75, 3.05) is 6.61 Å². The van der Waals surface area contributed by atoms with E-state index in [1.807, 2.05) is 0 Å². The SMILES string of the molecule is I.II.I[I-]I.O=COCC(O)(CC(=O)O)C(=O)O. The topological polar surface area (TPSA) is 121 Å². The molecule has 0 bridgehead atoms. The molecule has 0 amide bonds. The number of aliphatic carboxylic acids is 2.